The molecule has 10 rings (SSSR count). The van der Waals surface area contributed by atoms with E-state index in [0.29, 0.717) is 52.3 Å². The summed E-state index contributed by atoms with van der Waals surface area (Å²) in [6, 6.07) is 37.8. The molecule has 0 atom stereocenters. The maximum Gasteiger partial charge on any atom is 0.569 e. The molecule has 73 heavy (non-hydrogen) atoms. The lowest BCUT2D eigenvalue weighted by molar-refractivity contribution is 0.0657. The number of fused-ring (bicyclic) bond motifs is 2. The third-order valence-corrected chi connectivity index (χ3v) is 12.2. The Labute approximate surface area is 437 Å². The van der Waals surface area contributed by atoms with Crippen LogP contribution in [0.25, 0.3) is 27.4 Å². The van der Waals surface area contributed by atoms with Gasteiger partial charge >= 0.3 is 7.69 Å². The first-order chi connectivity index (χ1) is 35.4. The van der Waals surface area contributed by atoms with Gasteiger partial charge in [0.05, 0.1) is 36.3 Å². The fourth-order valence-electron chi connectivity index (χ4n) is 7.31. The second-order valence-electron chi connectivity index (χ2n) is 16.4. The van der Waals surface area contributed by atoms with Crippen LogP contribution < -0.4 is 4.65 Å². The summed E-state index contributed by atoms with van der Waals surface area (Å²) in [4.78, 5) is 45.1. The van der Waals surface area contributed by atoms with Crippen molar-refractivity contribution in [1.29, 1.82) is 5.26 Å². The zero-order valence-corrected chi connectivity index (χ0v) is 42.1. The lowest BCUT2D eigenvalue weighted by atomic mass is 10.1. The summed E-state index contributed by atoms with van der Waals surface area (Å²) < 4.78 is 8.94. The highest BCUT2D eigenvalue weighted by Gasteiger charge is 2.22. The van der Waals surface area contributed by atoms with E-state index >= 15 is 0 Å². The van der Waals surface area contributed by atoms with Gasteiger partial charge in [0.1, 0.15) is 21.2 Å². The molecule has 0 saturated carbocycles. The number of piperazine rings is 2. The minimum absolute atomic E-state index is 0.0441. The van der Waals surface area contributed by atoms with Crippen LogP contribution in [0.15, 0.2) is 138 Å². The quantitative estimate of drug-likeness (QED) is 0.104. The number of likely N-dealkylation sites (N-methyl/N-ethyl adjacent to an activating group) is 2. The van der Waals surface area contributed by atoms with Crippen LogP contribution in [-0.4, -0.2) is 140 Å². The van der Waals surface area contributed by atoms with Gasteiger partial charge in [-0.3, -0.25) is 9.59 Å². The number of nitrogens with zero attached hydrogens (tertiary/aromatic N) is 12. The fraction of sp³-hybridized carbons (Fsp3) is 0.185. The van der Waals surface area contributed by atoms with Gasteiger partial charge in [0, 0.05) is 80.2 Å². The Morgan fingerprint density at radius 3 is 1.92 bits per heavy atom. The van der Waals surface area contributed by atoms with Gasteiger partial charge in [-0.2, -0.15) is 15.5 Å². The van der Waals surface area contributed by atoms with Gasteiger partial charge in [-0.25, -0.2) is 23.8 Å². The number of terminal acetylenes is 1. The number of aromatic nitrogens is 6. The zero-order valence-electron chi connectivity index (χ0n) is 39.8. The Morgan fingerprint density at radius 1 is 0.726 bits per heavy atom. The predicted octanol–water partition coefficient (Wildman–Crippen LogP) is 7.40. The van der Waals surface area contributed by atoms with E-state index in [2.05, 4.69) is 77.5 Å². The maximum absolute atomic E-state index is 12.8. The number of nitriles is 1. The summed E-state index contributed by atoms with van der Waals surface area (Å²) in [5.74, 6) is 9.27. The smallest absolute Gasteiger partial charge is 0.537 e. The van der Waals surface area contributed by atoms with Crippen LogP contribution in [0.4, 0.5) is 5.69 Å². The molecule has 0 spiro atoms. The Kier molecular flexibility index (Phi) is 18.5. The first kappa shape index (κ1) is 52.5. The highest BCUT2D eigenvalue weighted by Crippen LogP contribution is 2.21. The number of hydrogen-bond donors (Lipinski definition) is 1. The summed E-state index contributed by atoms with van der Waals surface area (Å²) in [5.41, 5.74) is 7.82. The number of rotatable bonds is 5. The number of hydrogen-bond acceptors (Lipinski definition) is 11. The molecule has 1 radical (unpaired) electrons. The van der Waals surface area contributed by atoms with E-state index < -0.39 is 0 Å². The van der Waals surface area contributed by atoms with E-state index in [1.54, 1.807) is 94.2 Å². The Bertz CT molecular complexity index is 3360. The van der Waals surface area contributed by atoms with Crippen molar-refractivity contribution in [2.75, 3.05) is 66.5 Å². The summed E-state index contributed by atoms with van der Waals surface area (Å²) in [6.07, 6.45) is 8.48. The molecule has 2 aliphatic heterocycles. The summed E-state index contributed by atoms with van der Waals surface area (Å²) in [5, 5.41) is 26.1. The van der Waals surface area contributed by atoms with Gasteiger partial charge < -0.3 is 29.3 Å². The van der Waals surface area contributed by atoms with E-state index in [4.69, 9.17) is 44.6 Å². The Balaban J connectivity index is 0.000000165. The molecule has 0 bridgehead atoms. The molecule has 0 aliphatic carbocycles. The maximum atomic E-state index is 12.8. The molecule has 2 fully saturated rings. The lowest BCUT2D eigenvalue weighted by Crippen LogP contribution is -2.47. The van der Waals surface area contributed by atoms with Crippen LogP contribution in [0, 0.1) is 42.1 Å². The summed E-state index contributed by atoms with van der Waals surface area (Å²) in [7, 11) is 4.75. The van der Waals surface area contributed by atoms with E-state index in [1.807, 2.05) is 64.4 Å². The first-order valence-corrected chi connectivity index (χ1v) is 23.9. The topological polar surface area (TPSA) is 165 Å². The molecule has 4 aromatic heterocycles. The number of carbonyl (C=O) groups excluding carboxylic acids is 2. The molecular weight excluding hydrogens is 1010 g/mol. The molecule has 2 saturated heterocycles. The Morgan fingerprint density at radius 2 is 1.30 bits per heavy atom. The van der Waals surface area contributed by atoms with Crippen LogP contribution in [0.2, 0.25) is 5.15 Å². The molecule has 4 aromatic carbocycles. The van der Waals surface area contributed by atoms with Gasteiger partial charge in [0.25, 0.3) is 11.8 Å². The second-order valence-corrected chi connectivity index (χ2v) is 17.6. The number of imidazole rings is 2. The van der Waals surface area contributed by atoms with Crippen molar-refractivity contribution in [3.05, 3.63) is 188 Å². The van der Waals surface area contributed by atoms with E-state index in [-0.39, 0.29) is 11.8 Å². The molecule has 0 unspecified atom stereocenters. The third kappa shape index (κ3) is 14.4. The van der Waals surface area contributed by atoms with Crippen molar-refractivity contribution in [2.45, 2.75) is 0 Å². The normalized spacial score (nSPS) is 13.2. The third-order valence-electron chi connectivity index (χ3n) is 11.4. The van der Waals surface area contributed by atoms with Crippen molar-refractivity contribution in [1.82, 2.24) is 48.8 Å². The fourth-order valence-corrected chi connectivity index (χ4v) is 7.81. The molecule has 2 aliphatic rings. The zero-order chi connectivity index (χ0) is 51.7. The van der Waals surface area contributed by atoms with Gasteiger partial charge in [-0.15, -0.1) is 6.42 Å². The molecule has 19 heteroatoms. The van der Waals surface area contributed by atoms with Crippen LogP contribution in [-0.2, 0) is 0 Å². The van der Waals surface area contributed by atoms with Gasteiger partial charge in [0.2, 0.25) is 0 Å². The summed E-state index contributed by atoms with van der Waals surface area (Å²) in [6.45, 7) is 13.8. The lowest BCUT2D eigenvalue weighted by Gasteiger charge is -2.32. The van der Waals surface area contributed by atoms with Gasteiger partial charge in [-0.05, 0) is 127 Å². The number of amides is 2. The van der Waals surface area contributed by atoms with Crippen LogP contribution in [0.3, 0.4) is 0 Å². The number of benzene rings is 4. The predicted molar refractivity (Wildman–Crippen MR) is 284 cm³/mol. The van der Waals surface area contributed by atoms with E-state index in [9.17, 15) is 9.59 Å². The largest absolute Gasteiger partial charge is 0.569 e. The van der Waals surface area contributed by atoms with Crippen LogP contribution in [0.5, 0.6) is 5.75 Å². The van der Waals surface area contributed by atoms with Crippen molar-refractivity contribution in [3.63, 3.8) is 0 Å². The van der Waals surface area contributed by atoms with Gasteiger partial charge in [0.15, 0.2) is 17.0 Å². The van der Waals surface area contributed by atoms with Crippen molar-refractivity contribution in [2.24, 2.45) is 0 Å². The molecular formula is C54H46BBrClN12O4. The van der Waals surface area contributed by atoms with Crippen molar-refractivity contribution in [3.8, 4) is 47.3 Å². The molecule has 8 aromatic rings. The van der Waals surface area contributed by atoms with E-state index in [0.717, 1.165) is 85.0 Å². The standard InChI is InChI=1S/C27H22N6O.C12H16BN2O3.C9H5N.C6H3BrClN3/c1-28-23-5-3-4-20(18-23)6-11-24-19-29-26-13-12-25(30-33(24)26)21-7-9-22(10-8-21)27(34)32-16-14-31(2)15-17-32;1-14-6-8-15(9-7-14)12(16)10-2-4-11(5-3-10)18-13-17;1-2-8-4-3-5-9(6-8)7-10;7-4-3-9-6-2-1-5(8)10-11(4)6/h3-5,7-10,12-13,18-19H,14-17H2,2H3;2-5,17H,6-9H2,1H3;1,3-6H;1-3H. The van der Waals surface area contributed by atoms with Crippen molar-refractivity contribution < 1.29 is 19.3 Å². The first-order valence-electron chi connectivity index (χ1n) is 22.7. The number of carbonyl (C=O) groups is 2. The van der Waals surface area contributed by atoms with Gasteiger partial charge in [-0.1, -0.05) is 53.8 Å². The Hall–Kier alpha value is -8.33. The summed E-state index contributed by atoms with van der Waals surface area (Å²) >= 11 is 8.95. The number of halogens is 2. The average molecular weight is 1050 g/mol. The monoisotopic (exact) mass is 1050 g/mol. The second kappa shape index (κ2) is 25.7. The highest BCUT2D eigenvalue weighted by atomic mass is 79.9. The molecule has 6 heterocycles. The minimum atomic E-state index is 0.0441. The molecule has 2 amide bonds. The van der Waals surface area contributed by atoms with E-state index in [1.165, 1.54) is 0 Å². The SMILES string of the molecule is C#Cc1cccc(C#N)c1.CN1CCN(C(=O)c2ccc(O[B]O)cc2)CC1.Clc1ccc2ncc(Br)n2n1.[C-]#[N+]c1cccc(C#Cc2cnc3ccc(-c4ccc(C(=O)N5CCN(C)CC5)cc4)nn23)c1. The molecule has 363 valence electrons. The highest BCUT2D eigenvalue weighted by molar-refractivity contribution is 9.10. The average Bonchev–Trinajstić information content (AvgIpc) is 4.02. The van der Waals surface area contributed by atoms with Crippen molar-refractivity contribution >= 4 is 64.0 Å². The molecule has 16 nitrogen and oxygen atoms in total. The van der Waals surface area contributed by atoms with Crippen LogP contribution in [0.1, 0.15) is 43.1 Å². The van der Waals surface area contributed by atoms with Crippen LogP contribution >= 0.6 is 27.5 Å². The molecule has 1 N–H and O–H groups in total. The minimum Gasteiger partial charge on any atom is -0.537 e.